The van der Waals surface area contributed by atoms with Crippen molar-refractivity contribution in [3.63, 3.8) is 0 Å². The highest BCUT2D eigenvalue weighted by atomic mass is 19.4. The molecule has 0 aliphatic carbocycles. The van der Waals surface area contributed by atoms with Crippen LogP contribution in [-0.4, -0.2) is 52.7 Å². The van der Waals surface area contributed by atoms with E-state index in [9.17, 15) is 22.8 Å². The summed E-state index contributed by atoms with van der Waals surface area (Å²) in [6.45, 7) is 0.0651. The van der Waals surface area contributed by atoms with Crippen LogP contribution in [-0.2, 0) is 15.7 Å². The lowest BCUT2D eigenvalue weighted by Gasteiger charge is -2.30. The highest BCUT2D eigenvalue weighted by molar-refractivity contribution is 5.94. The number of alkyl halides is 3. The first-order valence-corrected chi connectivity index (χ1v) is 5.96. The van der Waals surface area contributed by atoms with E-state index in [2.05, 4.69) is 4.98 Å². The number of aliphatic carboxylic acids is 1. The number of carbonyl (C=O) groups is 2. The van der Waals surface area contributed by atoms with Crippen molar-refractivity contribution in [2.45, 2.75) is 12.3 Å². The molecular weight excluding hydrogens is 293 g/mol. The van der Waals surface area contributed by atoms with Crippen LogP contribution in [0.1, 0.15) is 16.1 Å². The molecule has 0 bridgehead atoms. The fourth-order valence-corrected chi connectivity index (χ4v) is 1.85. The summed E-state index contributed by atoms with van der Waals surface area (Å²) in [4.78, 5) is 27.3. The molecule has 0 spiro atoms. The van der Waals surface area contributed by atoms with Crippen LogP contribution in [0.4, 0.5) is 13.2 Å². The molecule has 0 aromatic carbocycles. The summed E-state index contributed by atoms with van der Waals surface area (Å²) in [5, 5.41) is 8.83. The van der Waals surface area contributed by atoms with Crippen molar-refractivity contribution in [2.75, 3.05) is 19.7 Å². The fourth-order valence-electron chi connectivity index (χ4n) is 1.85. The summed E-state index contributed by atoms with van der Waals surface area (Å²) in [7, 11) is 0. The number of ether oxygens (including phenoxy) is 1. The third kappa shape index (κ3) is 3.48. The maximum atomic E-state index is 12.4. The fraction of sp³-hybridized carbons (Fsp3) is 0.417. The first-order chi connectivity index (χ1) is 9.79. The van der Waals surface area contributed by atoms with E-state index in [1.165, 1.54) is 4.90 Å². The normalized spacial score (nSPS) is 19.4. The molecule has 9 heteroatoms. The minimum Gasteiger partial charge on any atom is -0.479 e. The summed E-state index contributed by atoms with van der Waals surface area (Å²) in [6.07, 6.45) is -4.88. The van der Waals surface area contributed by atoms with Gasteiger partial charge in [-0.15, -0.1) is 0 Å². The second kappa shape index (κ2) is 5.68. The highest BCUT2D eigenvalue weighted by Gasteiger charge is 2.33. The molecule has 0 saturated carbocycles. The number of carboxylic acids is 1. The first-order valence-electron chi connectivity index (χ1n) is 5.96. The highest BCUT2D eigenvalue weighted by Crippen LogP contribution is 2.27. The molecule has 0 radical (unpaired) electrons. The summed E-state index contributed by atoms with van der Waals surface area (Å²) in [5.74, 6) is -1.77. The van der Waals surface area contributed by atoms with Crippen molar-refractivity contribution in [2.24, 2.45) is 0 Å². The van der Waals surface area contributed by atoms with Crippen molar-refractivity contribution in [3.05, 3.63) is 29.6 Å². The number of hydrogen-bond donors (Lipinski definition) is 1. The standard InChI is InChI=1S/C12H11F3N2O4/c13-12(14,15)9-2-1-7(5-16-9)10(18)17-3-4-21-8(6-17)11(19)20/h1-2,5,8H,3-4,6H2,(H,19,20)/t8-/m1/s1. The van der Waals surface area contributed by atoms with Crippen LogP contribution in [0.5, 0.6) is 0 Å². The Kier molecular flexibility index (Phi) is 4.12. The van der Waals surface area contributed by atoms with Crippen LogP contribution in [0, 0.1) is 0 Å². The quantitative estimate of drug-likeness (QED) is 0.882. The van der Waals surface area contributed by atoms with Crippen LogP contribution in [0.2, 0.25) is 0 Å². The number of nitrogens with zero attached hydrogens (tertiary/aromatic N) is 2. The predicted octanol–water partition coefficient (Wildman–Crippen LogP) is 1.03. The average Bonchev–Trinajstić information content (AvgIpc) is 2.46. The molecule has 1 saturated heterocycles. The lowest BCUT2D eigenvalue weighted by atomic mass is 10.2. The van der Waals surface area contributed by atoms with Gasteiger partial charge in [0.15, 0.2) is 6.10 Å². The third-order valence-electron chi connectivity index (χ3n) is 2.93. The van der Waals surface area contributed by atoms with Crippen molar-refractivity contribution < 1.29 is 32.6 Å². The van der Waals surface area contributed by atoms with Gasteiger partial charge in [-0.2, -0.15) is 13.2 Å². The zero-order valence-electron chi connectivity index (χ0n) is 10.6. The second-order valence-corrected chi connectivity index (χ2v) is 4.38. The molecule has 1 aliphatic heterocycles. The van der Waals surface area contributed by atoms with Gasteiger partial charge in [0.05, 0.1) is 18.7 Å². The van der Waals surface area contributed by atoms with Crippen molar-refractivity contribution in [3.8, 4) is 0 Å². The van der Waals surface area contributed by atoms with Crippen LogP contribution in [0.3, 0.4) is 0 Å². The molecule has 1 aromatic heterocycles. The third-order valence-corrected chi connectivity index (χ3v) is 2.93. The number of hydrogen-bond acceptors (Lipinski definition) is 4. The number of morpholine rings is 1. The van der Waals surface area contributed by atoms with Crippen molar-refractivity contribution in [1.82, 2.24) is 9.88 Å². The Labute approximate surface area is 117 Å². The van der Waals surface area contributed by atoms with Gasteiger partial charge >= 0.3 is 12.1 Å². The molecule has 1 aromatic rings. The van der Waals surface area contributed by atoms with Crippen molar-refractivity contribution in [1.29, 1.82) is 0 Å². The zero-order valence-corrected chi connectivity index (χ0v) is 10.6. The van der Waals surface area contributed by atoms with Gasteiger partial charge in [-0.25, -0.2) is 4.79 Å². The Bertz CT molecular complexity index is 544. The molecule has 114 valence electrons. The van der Waals surface area contributed by atoms with Crippen molar-refractivity contribution >= 4 is 11.9 Å². The Morgan fingerprint density at radius 2 is 2.10 bits per heavy atom. The van der Waals surface area contributed by atoms with Gasteiger partial charge in [-0.3, -0.25) is 9.78 Å². The smallest absolute Gasteiger partial charge is 0.433 e. The summed E-state index contributed by atoms with van der Waals surface area (Å²) >= 11 is 0. The van der Waals surface area contributed by atoms with Gasteiger partial charge < -0.3 is 14.7 Å². The van der Waals surface area contributed by atoms with Crippen LogP contribution in [0.25, 0.3) is 0 Å². The number of rotatable bonds is 2. The SMILES string of the molecule is O=C(O)[C@H]1CN(C(=O)c2ccc(C(F)(F)F)nc2)CCO1. The lowest BCUT2D eigenvalue weighted by Crippen LogP contribution is -2.48. The molecular formula is C12H11F3N2O4. The number of halogens is 3. The van der Waals surface area contributed by atoms with E-state index in [1.807, 2.05) is 0 Å². The summed E-state index contributed by atoms with van der Waals surface area (Å²) in [5.41, 5.74) is -1.13. The molecule has 2 rings (SSSR count). The van der Waals surface area contributed by atoms with E-state index >= 15 is 0 Å². The van der Waals surface area contributed by atoms with Crippen LogP contribution < -0.4 is 0 Å². The van der Waals surface area contributed by atoms with E-state index in [0.29, 0.717) is 6.07 Å². The predicted molar refractivity (Wildman–Crippen MR) is 62.5 cm³/mol. The van der Waals surface area contributed by atoms with Gasteiger partial charge in [0.2, 0.25) is 0 Å². The largest absolute Gasteiger partial charge is 0.479 e. The van der Waals surface area contributed by atoms with Gasteiger partial charge in [0.25, 0.3) is 5.91 Å². The molecule has 21 heavy (non-hydrogen) atoms. The number of carbonyl (C=O) groups excluding carboxylic acids is 1. The van der Waals surface area contributed by atoms with Gasteiger partial charge in [0, 0.05) is 12.7 Å². The molecule has 2 heterocycles. The lowest BCUT2D eigenvalue weighted by molar-refractivity contribution is -0.154. The topological polar surface area (TPSA) is 79.7 Å². The Hall–Kier alpha value is -2.16. The van der Waals surface area contributed by atoms with E-state index in [1.54, 1.807) is 0 Å². The number of carboxylic acid groups (broad SMARTS) is 1. The molecule has 0 unspecified atom stereocenters. The van der Waals surface area contributed by atoms with Crippen LogP contribution in [0.15, 0.2) is 18.3 Å². The minimum absolute atomic E-state index is 0.0333. The summed E-state index contributed by atoms with van der Waals surface area (Å²) in [6, 6.07) is 1.73. The average molecular weight is 304 g/mol. The number of aromatic nitrogens is 1. The van der Waals surface area contributed by atoms with Gasteiger partial charge in [0.1, 0.15) is 5.69 Å². The van der Waals surface area contributed by atoms with Crippen LogP contribution >= 0.6 is 0 Å². The molecule has 1 fully saturated rings. The summed E-state index contributed by atoms with van der Waals surface area (Å²) < 4.78 is 42.1. The maximum absolute atomic E-state index is 12.4. The van der Waals surface area contributed by atoms with E-state index in [-0.39, 0.29) is 25.3 Å². The Balaban J connectivity index is 2.11. The van der Waals surface area contributed by atoms with E-state index in [4.69, 9.17) is 9.84 Å². The van der Waals surface area contributed by atoms with E-state index in [0.717, 1.165) is 12.3 Å². The Morgan fingerprint density at radius 3 is 2.62 bits per heavy atom. The molecule has 1 amide bonds. The van der Waals surface area contributed by atoms with E-state index < -0.39 is 29.9 Å². The number of amides is 1. The molecule has 1 N–H and O–H groups in total. The number of pyridine rings is 1. The first kappa shape index (κ1) is 15.2. The monoisotopic (exact) mass is 304 g/mol. The molecule has 1 aliphatic rings. The second-order valence-electron chi connectivity index (χ2n) is 4.38. The molecule has 1 atom stereocenters. The minimum atomic E-state index is -4.57. The zero-order chi connectivity index (χ0) is 15.6. The molecule has 6 nitrogen and oxygen atoms in total. The van der Waals surface area contributed by atoms with Gasteiger partial charge in [-0.05, 0) is 12.1 Å². The van der Waals surface area contributed by atoms with Gasteiger partial charge in [-0.1, -0.05) is 0 Å². The Morgan fingerprint density at radius 1 is 1.38 bits per heavy atom. The maximum Gasteiger partial charge on any atom is 0.433 e.